The molecule has 1 amide bonds. The second-order valence-corrected chi connectivity index (χ2v) is 6.28. The summed E-state index contributed by atoms with van der Waals surface area (Å²) in [6.07, 6.45) is 0. The lowest BCUT2D eigenvalue weighted by atomic mass is 10.0. The SMILES string of the molecule is CC(C)[C@H](NC(=O)c1cccc(Cl)c1)c1nc2ccccc2[nH]1. The van der Waals surface area contributed by atoms with E-state index in [9.17, 15) is 4.79 Å². The van der Waals surface area contributed by atoms with Crippen molar-refractivity contribution in [1.29, 1.82) is 0 Å². The highest BCUT2D eigenvalue weighted by atomic mass is 35.5. The van der Waals surface area contributed by atoms with E-state index in [4.69, 9.17) is 11.6 Å². The van der Waals surface area contributed by atoms with Crippen molar-refractivity contribution in [1.82, 2.24) is 15.3 Å². The van der Waals surface area contributed by atoms with Crippen molar-refractivity contribution >= 4 is 28.5 Å². The Morgan fingerprint density at radius 3 is 2.65 bits per heavy atom. The maximum absolute atomic E-state index is 12.5. The second-order valence-electron chi connectivity index (χ2n) is 5.84. The molecule has 118 valence electrons. The number of para-hydroxylation sites is 2. The fourth-order valence-electron chi connectivity index (χ4n) is 2.52. The molecule has 0 aliphatic carbocycles. The van der Waals surface area contributed by atoms with Gasteiger partial charge in [-0.25, -0.2) is 4.98 Å². The van der Waals surface area contributed by atoms with E-state index < -0.39 is 0 Å². The highest BCUT2D eigenvalue weighted by molar-refractivity contribution is 6.30. The van der Waals surface area contributed by atoms with Crippen molar-refractivity contribution in [3.8, 4) is 0 Å². The standard InChI is InChI=1S/C18H18ClN3O/c1-11(2)16(17-20-14-8-3-4-9-15(14)21-17)22-18(23)12-6-5-7-13(19)10-12/h3-11,16H,1-2H3,(H,20,21)(H,22,23)/t16-/m0/s1. The van der Waals surface area contributed by atoms with Crippen molar-refractivity contribution in [3.05, 3.63) is 64.9 Å². The molecule has 0 saturated carbocycles. The van der Waals surface area contributed by atoms with Gasteiger partial charge in [-0.3, -0.25) is 4.79 Å². The molecule has 2 N–H and O–H groups in total. The van der Waals surface area contributed by atoms with Gasteiger partial charge in [0, 0.05) is 10.6 Å². The zero-order valence-electron chi connectivity index (χ0n) is 13.0. The molecule has 0 aliphatic rings. The summed E-state index contributed by atoms with van der Waals surface area (Å²) in [6, 6.07) is 14.5. The maximum Gasteiger partial charge on any atom is 0.251 e. The van der Waals surface area contributed by atoms with Crippen molar-refractivity contribution in [2.75, 3.05) is 0 Å². The number of aromatic nitrogens is 2. The minimum absolute atomic E-state index is 0.161. The summed E-state index contributed by atoms with van der Waals surface area (Å²) in [6.45, 7) is 4.10. The van der Waals surface area contributed by atoms with E-state index in [2.05, 4.69) is 29.1 Å². The van der Waals surface area contributed by atoms with Gasteiger partial charge in [-0.05, 0) is 36.2 Å². The van der Waals surface area contributed by atoms with Crippen LogP contribution in [0.1, 0.15) is 36.1 Å². The fraction of sp³-hybridized carbons (Fsp3) is 0.222. The third-order valence-electron chi connectivity index (χ3n) is 3.74. The Kier molecular flexibility index (Phi) is 4.35. The van der Waals surface area contributed by atoms with E-state index in [1.54, 1.807) is 24.3 Å². The first-order chi connectivity index (χ1) is 11.0. The fourth-order valence-corrected chi connectivity index (χ4v) is 2.72. The molecule has 0 radical (unpaired) electrons. The first-order valence-electron chi connectivity index (χ1n) is 7.55. The summed E-state index contributed by atoms with van der Waals surface area (Å²) in [5.74, 6) is 0.793. The molecule has 0 bridgehead atoms. The highest BCUT2D eigenvalue weighted by Gasteiger charge is 2.22. The Hall–Kier alpha value is -2.33. The van der Waals surface area contributed by atoms with E-state index >= 15 is 0 Å². The van der Waals surface area contributed by atoms with Gasteiger partial charge in [0.05, 0.1) is 17.1 Å². The Morgan fingerprint density at radius 1 is 1.17 bits per heavy atom. The zero-order chi connectivity index (χ0) is 16.4. The molecule has 1 heterocycles. The Labute approximate surface area is 139 Å². The lowest BCUT2D eigenvalue weighted by Gasteiger charge is -2.20. The van der Waals surface area contributed by atoms with Gasteiger partial charge in [0.2, 0.25) is 0 Å². The van der Waals surface area contributed by atoms with Crippen LogP contribution in [0, 0.1) is 5.92 Å². The first-order valence-corrected chi connectivity index (χ1v) is 7.93. The molecule has 0 aliphatic heterocycles. The summed E-state index contributed by atoms with van der Waals surface area (Å²) in [5.41, 5.74) is 2.40. The lowest BCUT2D eigenvalue weighted by molar-refractivity contribution is 0.0923. The number of nitrogens with one attached hydrogen (secondary N) is 2. The molecule has 1 atom stereocenters. The predicted octanol–water partition coefficient (Wildman–Crippen LogP) is 4.34. The number of rotatable bonds is 4. The molecule has 4 nitrogen and oxygen atoms in total. The van der Waals surface area contributed by atoms with Crippen LogP contribution in [0.15, 0.2) is 48.5 Å². The van der Waals surface area contributed by atoms with Crippen LogP contribution in [0.5, 0.6) is 0 Å². The van der Waals surface area contributed by atoms with E-state index in [1.165, 1.54) is 0 Å². The van der Waals surface area contributed by atoms with Crippen LogP contribution in [0.25, 0.3) is 11.0 Å². The number of H-pyrrole nitrogens is 1. The average Bonchev–Trinajstić information content (AvgIpc) is 2.95. The zero-order valence-corrected chi connectivity index (χ0v) is 13.8. The molecule has 3 aromatic rings. The van der Waals surface area contributed by atoms with Crippen molar-refractivity contribution in [3.63, 3.8) is 0 Å². The summed E-state index contributed by atoms with van der Waals surface area (Å²) in [5, 5.41) is 3.59. The van der Waals surface area contributed by atoms with Gasteiger partial charge in [-0.2, -0.15) is 0 Å². The Morgan fingerprint density at radius 2 is 1.96 bits per heavy atom. The third-order valence-corrected chi connectivity index (χ3v) is 3.98. The molecule has 0 fully saturated rings. The molecule has 1 aromatic heterocycles. The van der Waals surface area contributed by atoms with Gasteiger partial charge >= 0.3 is 0 Å². The molecular weight excluding hydrogens is 310 g/mol. The molecular formula is C18H18ClN3O. The number of benzene rings is 2. The van der Waals surface area contributed by atoms with Crippen LogP contribution in [0.4, 0.5) is 0 Å². The smallest absolute Gasteiger partial charge is 0.251 e. The number of carbonyl (C=O) groups is 1. The van der Waals surface area contributed by atoms with Crippen LogP contribution in [-0.4, -0.2) is 15.9 Å². The van der Waals surface area contributed by atoms with Gasteiger partial charge < -0.3 is 10.3 Å². The van der Waals surface area contributed by atoms with E-state index in [-0.39, 0.29) is 17.9 Å². The molecule has 3 rings (SSSR count). The van der Waals surface area contributed by atoms with Crippen LogP contribution in [0.2, 0.25) is 5.02 Å². The van der Waals surface area contributed by atoms with Gasteiger partial charge in [0.15, 0.2) is 0 Å². The number of amides is 1. The van der Waals surface area contributed by atoms with E-state index in [0.717, 1.165) is 16.9 Å². The number of imidazole rings is 1. The van der Waals surface area contributed by atoms with Gasteiger partial charge in [-0.1, -0.05) is 43.6 Å². The third kappa shape index (κ3) is 3.37. The van der Waals surface area contributed by atoms with Gasteiger partial charge in [0.1, 0.15) is 5.82 Å². The largest absolute Gasteiger partial charge is 0.342 e. The minimum Gasteiger partial charge on any atom is -0.342 e. The number of aromatic amines is 1. The van der Waals surface area contributed by atoms with E-state index in [1.807, 2.05) is 24.3 Å². The van der Waals surface area contributed by atoms with Crippen molar-refractivity contribution < 1.29 is 4.79 Å². The molecule has 23 heavy (non-hydrogen) atoms. The number of nitrogens with zero attached hydrogens (tertiary/aromatic N) is 1. The average molecular weight is 328 g/mol. The molecule has 0 unspecified atom stereocenters. The Balaban J connectivity index is 1.88. The number of fused-ring (bicyclic) bond motifs is 1. The topological polar surface area (TPSA) is 57.8 Å². The maximum atomic E-state index is 12.5. The summed E-state index contributed by atoms with van der Waals surface area (Å²) in [4.78, 5) is 20.4. The van der Waals surface area contributed by atoms with Gasteiger partial charge in [0.25, 0.3) is 5.91 Å². The summed E-state index contributed by atoms with van der Waals surface area (Å²) in [7, 11) is 0. The highest BCUT2D eigenvalue weighted by Crippen LogP contribution is 2.23. The molecule has 0 spiro atoms. The molecule has 2 aromatic carbocycles. The lowest BCUT2D eigenvalue weighted by Crippen LogP contribution is -2.32. The quantitative estimate of drug-likeness (QED) is 0.748. The predicted molar refractivity (Wildman–Crippen MR) is 92.6 cm³/mol. The minimum atomic E-state index is -0.200. The molecule has 0 saturated heterocycles. The second kappa shape index (κ2) is 6.42. The Bertz CT molecular complexity index is 808. The van der Waals surface area contributed by atoms with Crippen molar-refractivity contribution in [2.24, 2.45) is 5.92 Å². The van der Waals surface area contributed by atoms with Crippen LogP contribution in [0.3, 0.4) is 0 Å². The first kappa shape index (κ1) is 15.6. The summed E-state index contributed by atoms with van der Waals surface area (Å²) >= 11 is 5.96. The number of hydrogen-bond acceptors (Lipinski definition) is 2. The number of hydrogen-bond donors (Lipinski definition) is 2. The monoisotopic (exact) mass is 327 g/mol. The summed E-state index contributed by atoms with van der Waals surface area (Å²) < 4.78 is 0. The van der Waals surface area contributed by atoms with Crippen LogP contribution < -0.4 is 5.32 Å². The van der Waals surface area contributed by atoms with E-state index in [0.29, 0.717) is 10.6 Å². The number of carbonyl (C=O) groups excluding carboxylic acids is 1. The van der Waals surface area contributed by atoms with Gasteiger partial charge in [-0.15, -0.1) is 0 Å². The molecule has 5 heteroatoms. The van der Waals surface area contributed by atoms with Crippen LogP contribution >= 0.6 is 11.6 Å². The number of halogens is 1. The van der Waals surface area contributed by atoms with Crippen LogP contribution in [-0.2, 0) is 0 Å². The van der Waals surface area contributed by atoms with Crippen molar-refractivity contribution in [2.45, 2.75) is 19.9 Å². The normalized spacial score (nSPS) is 12.5.